The van der Waals surface area contributed by atoms with Gasteiger partial charge in [-0.1, -0.05) is 30.8 Å². The Bertz CT molecular complexity index is 768. The van der Waals surface area contributed by atoms with Gasteiger partial charge in [-0.2, -0.15) is 5.26 Å². The molecule has 0 aliphatic rings. The number of nitrogens with one attached hydrogen (secondary N) is 1. The van der Waals surface area contributed by atoms with Crippen molar-refractivity contribution < 1.29 is 4.79 Å². The lowest BCUT2D eigenvalue weighted by Gasteiger charge is -2.08. The summed E-state index contributed by atoms with van der Waals surface area (Å²) in [5.41, 5.74) is 3.02. The van der Waals surface area contributed by atoms with Gasteiger partial charge in [-0.15, -0.1) is 0 Å². The molecule has 1 aromatic carbocycles. The predicted molar refractivity (Wildman–Crippen MR) is 91.4 cm³/mol. The summed E-state index contributed by atoms with van der Waals surface area (Å²) >= 11 is 1.25. The molecule has 0 aliphatic carbocycles. The fourth-order valence-corrected chi connectivity index (χ4v) is 2.99. The molecule has 1 heterocycles. The normalized spacial score (nSPS) is 10.2. The minimum absolute atomic E-state index is 0.124. The number of hydrogen-bond acceptors (Lipinski definition) is 5. The molecule has 118 valence electrons. The highest BCUT2D eigenvalue weighted by Crippen LogP contribution is 2.22. The van der Waals surface area contributed by atoms with Crippen LogP contribution in [0.5, 0.6) is 0 Å². The number of hydrogen-bond donors (Lipinski definition) is 1. The number of rotatable bonds is 5. The van der Waals surface area contributed by atoms with Gasteiger partial charge >= 0.3 is 0 Å². The van der Waals surface area contributed by atoms with E-state index in [-0.39, 0.29) is 11.7 Å². The van der Waals surface area contributed by atoms with Crippen molar-refractivity contribution in [1.29, 1.82) is 5.26 Å². The van der Waals surface area contributed by atoms with Crippen molar-refractivity contribution in [2.75, 3.05) is 11.1 Å². The first kappa shape index (κ1) is 17.0. The van der Waals surface area contributed by atoms with Crippen LogP contribution >= 0.6 is 11.8 Å². The van der Waals surface area contributed by atoms with Gasteiger partial charge in [-0.25, -0.2) is 9.97 Å². The van der Waals surface area contributed by atoms with Crippen LogP contribution in [0.1, 0.15) is 29.6 Å². The van der Waals surface area contributed by atoms with Crippen molar-refractivity contribution in [1.82, 2.24) is 9.97 Å². The first-order valence-corrected chi connectivity index (χ1v) is 8.29. The molecule has 0 saturated heterocycles. The van der Waals surface area contributed by atoms with Crippen molar-refractivity contribution in [3.05, 3.63) is 46.9 Å². The number of aromatic nitrogens is 2. The zero-order valence-electron chi connectivity index (χ0n) is 13.4. The van der Waals surface area contributed by atoms with Crippen LogP contribution < -0.4 is 5.32 Å². The minimum Gasteiger partial charge on any atom is -0.325 e. The number of carbonyl (C=O) groups is 1. The topological polar surface area (TPSA) is 78.7 Å². The Morgan fingerprint density at radius 1 is 1.35 bits per heavy atom. The molecule has 0 spiro atoms. The fraction of sp³-hybridized carbons (Fsp3) is 0.294. The molecular formula is C17H18N4OS. The van der Waals surface area contributed by atoms with E-state index in [0.29, 0.717) is 22.1 Å². The molecule has 1 N–H and O–H groups in total. The molecule has 0 atom stereocenters. The van der Waals surface area contributed by atoms with E-state index < -0.39 is 0 Å². The van der Waals surface area contributed by atoms with Crippen LogP contribution in [-0.4, -0.2) is 21.6 Å². The maximum Gasteiger partial charge on any atom is 0.234 e. The van der Waals surface area contributed by atoms with E-state index in [1.807, 2.05) is 24.3 Å². The van der Waals surface area contributed by atoms with Gasteiger partial charge < -0.3 is 5.32 Å². The van der Waals surface area contributed by atoms with Gasteiger partial charge in [-0.3, -0.25) is 4.79 Å². The molecule has 23 heavy (non-hydrogen) atoms. The third-order valence-corrected chi connectivity index (χ3v) is 4.21. The van der Waals surface area contributed by atoms with Crippen LogP contribution in [0.15, 0.2) is 29.3 Å². The quantitative estimate of drug-likeness (QED) is 0.674. The zero-order valence-corrected chi connectivity index (χ0v) is 14.2. The summed E-state index contributed by atoms with van der Waals surface area (Å²) in [5.74, 6) is 0.669. The summed E-state index contributed by atoms with van der Waals surface area (Å²) < 4.78 is 0. The number of nitriles is 1. The van der Waals surface area contributed by atoms with Crippen LogP contribution in [0.3, 0.4) is 0 Å². The molecule has 1 aromatic heterocycles. The zero-order chi connectivity index (χ0) is 16.8. The lowest BCUT2D eigenvalue weighted by atomic mass is 10.1. The van der Waals surface area contributed by atoms with E-state index in [9.17, 15) is 10.1 Å². The third kappa shape index (κ3) is 4.54. The smallest absolute Gasteiger partial charge is 0.234 e. The lowest BCUT2D eigenvalue weighted by molar-refractivity contribution is -0.113. The average Bonchev–Trinajstić information content (AvgIpc) is 2.52. The second kappa shape index (κ2) is 7.75. The van der Waals surface area contributed by atoms with Crippen molar-refractivity contribution in [2.45, 2.75) is 32.2 Å². The van der Waals surface area contributed by atoms with Gasteiger partial charge in [0.05, 0.1) is 11.4 Å². The van der Waals surface area contributed by atoms with Crippen molar-refractivity contribution in [3.63, 3.8) is 0 Å². The third-order valence-electron chi connectivity index (χ3n) is 3.24. The fourth-order valence-electron chi connectivity index (χ4n) is 2.11. The molecule has 0 radical (unpaired) electrons. The van der Waals surface area contributed by atoms with E-state index in [4.69, 9.17) is 0 Å². The Hall–Kier alpha value is -2.39. The number of benzene rings is 1. The SMILES string of the molecule is CCc1cccc(NC(=O)CSc2nc(C)nc(C)c2C#N)c1. The number of aryl methyl sites for hydroxylation is 3. The summed E-state index contributed by atoms with van der Waals surface area (Å²) in [6.45, 7) is 5.61. The van der Waals surface area contributed by atoms with Gasteiger partial charge in [0.25, 0.3) is 0 Å². The molecule has 0 aliphatic heterocycles. The van der Waals surface area contributed by atoms with E-state index in [2.05, 4.69) is 28.3 Å². The molecule has 0 saturated carbocycles. The van der Waals surface area contributed by atoms with E-state index in [1.165, 1.54) is 17.3 Å². The van der Waals surface area contributed by atoms with Crippen molar-refractivity contribution in [2.24, 2.45) is 0 Å². The van der Waals surface area contributed by atoms with Gasteiger partial charge in [0.15, 0.2) is 0 Å². The first-order chi connectivity index (χ1) is 11.0. The molecule has 1 amide bonds. The summed E-state index contributed by atoms with van der Waals surface area (Å²) in [5, 5.41) is 12.6. The molecule has 2 rings (SSSR count). The first-order valence-electron chi connectivity index (χ1n) is 7.30. The molecule has 0 bridgehead atoms. The lowest BCUT2D eigenvalue weighted by Crippen LogP contribution is -2.14. The van der Waals surface area contributed by atoms with Crippen LogP contribution in [0, 0.1) is 25.2 Å². The molecule has 5 nitrogen and oxygen atoms in total. The highest BCUT2D eigenvalue weighted by Gasteiger charge is 2.12. The highest BCUT2D eigenvalue weighted by atomic mass is 32.2. The van der Waals surface area contributed by atoms with Crippen molar-refractivity contribution >= 4 is 23.4 Å². The van der Waals surface area contributed by atoms with Crippen molar-refractivity contribution in [3.8, 4) is 6.07 Å². The monoisotopic (exact) mass is 326 g/mol. The Balaban J connectivity index is 2.03. The predicted octanol–water partition coefficient (Wildman–Crippen LogP) is 3.26. The maximum atomic E-state index is 12.1. The summed E-state index contributed by atoms with van der Waals surface area (Å²) in [4.78, 5) is 20.5. The summed E-state index contributed by atoms with van der Waals surface area (Å²) in [7, 11) is 0. The Labute approximate surface area is 140 Å². The van der Waals surface area contributed by atoms with Gasteiger partial charge in [-0.05, 0) is 38.0 Å². The molecular weight excluding hydrogens is 308 g/mol. The van der Waals surface area contributed by atoms with E-state index in [1.54, 1.807) is 13.8 Å². The number of carbonyl (C=O) groups excluding carboxylic acids is 1. The summed E-state index contributed by atoms with van der Waals surface area (Å²) in [6, 6.07) is 9.87. The molecule has 0 fully saturated rings. The minimum atomic E-state index is -0.124. The number of thioether (sulfide) groups is 1. The van der Waals surface area contributed by atoms with E-state index >= 15 is 0 Å². The van der Waals surface area contributed by atoms with E-state index in [0.717, 1.165) is 12.1 Å². The van der Waals surface area contributed by atoms with Crippen LogP contribution in [0.4, 0.5) is 5.69 Å². The second-order valence-corrected chi connectivity index (χ2v) is 6.00. The van der Waals surface area contributed by atoms with Crippen LogP contribution in [0.25, 0.3) is 0 Å². The number of nitrogens with zero attached hydrogens (tertiary/aromatic N) is 3. The van der Waals surface area contributed by atoms with Gasteiger partial charge in [0, 0.05) is 5.69 Å². The average molecular weight is 326 g/mol. The van der Waals surface area contributed by atoms with Gasteiger partial charge in [0.1, 0.15) is 22.5 Å². The summed E-state index contributed by atoms with van der Waals surface area (Å²) in [6.07, 6.45) is 0.920. The number of amides is 1. The Kier molecular flexibility index (Phi) is 5.72. The standard InChI is InChI=1S/C17H18N4OS/c1-4-13-6-5-7-14(8-13)21-16(22)10-23-17-15(9-18)11(2)19-12(3)20-17/h5-8H,4,10H2,1-3H3,(H,21,22). The highest BCUT2D eigenvalue weighted by molar-refractivity contribution is 8.00. The molecule has 0 unspecified atom stereocenters. The van der Waals surface area contributed by atoms with Crippen LogP contribution in [-0.2, 0) is 11.2 Å². The Morgan fingerprint density at radius 3 is 2.83 bits per heavy atom. The van der Waals surface area contributed by atoms with Gasteiger partial charge in [0.2, 0.25) is 5.91 Å². The maximum absolute atomic E-state index is 12.1. The van der Waals surface area contributed by atoms with Crippen LogP contribution in [0.2, 0.25) is 0 Å². The molecule has 2 aromatic rings. The Morgan fingerprint density at radius 2 is 2.13 bits per heavy atom. The second-order valence-electron chi connectivity index (χ2n) is 5.04. The largest absolute Gasteiger partial charge is 0.325 e. The molecule has 6 heteroatoms. The number of anilines is 1.